The van der Waals surface area contributed by atoms with Gasteiger partial charge in [0.05, 0.1) is 0 Å². The Kier molecular flexibility index (Phi) is 3.57. The summed E-state index contributed by atoms with van der Waals surface area (Å²) in [6.45, 7) is 0.707. The van der Waals surface area contributed by atoms with E-state index in [4.69, 9.17) is 11.5 Å². The van der Waals surface area contributed by atoms with Gasteiger partial charge in [-0.05, 0) is 43.3 Å². The third kappa shape index (κ3) is 1.99. The van der Waals surface area contributed by atoms with Gasteiger partial charge >= 0.3 is 0 Å². The van der Waals surface area contributed by atoms with E-state index in [1.165, 1.54) is 29.7 Å². The number of thioether (sulfide) groups is 1. The molecule has 1 aliphatic carbocycles. The molecule has 88 valence electrons. The maximum atomic E-state index is 6.35. The molecular formula is C13H20N2S. The van der Waals surface area contributed by atoms with E-state index in [0.29, 0.717) is 6.54 Å². The maximum absolute atomic E-state index is 6.35. The predicted molar refractivity (Wildman–Crippen MR) is 70.5 cm³/mol. The molecule has 1 aliphatic rings. The minimum Gasteiger partial charge on any atom is -0.330 e. The van der Waals surface area contributed by atoms with Gasteiger partial charge in [0, 0.05) is 16.4 Å². The molecule has 0 spiro atoms. The molecule has 2 nitrogen and oxygen atoms in total. The van der Waals surface area contributed by atoms with Crippen molar-refractivity contribution in [3.8, 4) is 0 Å². The van der Waals surface area contributed by atoms with Crippen molar-refractivity contribution in [2.75, 3.05) is 12.8 Å². The number of hydrogen-bond acceptors (Lipinski definition) is 3. The first-order valence-corrected chi connectivity index (χ1v) is 7.04. The second-order valence-electron chi connectivity index (χ2n) is 4.67. The molecular weight excluding hydrogens is 216 g/mol. The Hall–Kier alpha value is -0.510. The zero-order valence-corrected chi connectivity index (χ0v) is 10.6. The van der Waals surface area contributed by atoms with Crippen LogP contribution < -0.4 is 11.5 Å². The van der Waals surface area contributed by atoms with Crippen LogP contribution in [0.15, 0.2) is 29.2 Å². The smallest absolute Gasteiger partial charge is 0.0364 e. The fourth-order valence-corrected chi connectivity index (χ4v) is 2.85. The molecule has 4 N–H and O–H groups in total. The van der Waals surface area contributed by atoms with Crippen LogP contribution in [-0.2, 0) is 0 Å². The molecule has 16 heavy (non-hydrogen) atoms. The minimum absolute atomic E-state index is 0.0992. The second-order valence-corrected chi connectivity index (χ2v) is 5.55. The average Bonchev–Trinajstić information content (AvgIpc) is 2.28. The molecule has 0 amide bonds. The monoisotopic (exact) mass is 236 g/mol. The summed E-state index contributed by atoms with van der Waals surface area (Å²) in [5, 5.41) is 0. The van der Waals surface area contributed by atoms with E-state index in [1.54, 1.807) is 11.8 Å². The van der Waals surface area contributed by atoms with Crippen LogP contribution >= 0.6 is 11.8 Å². The number of hydrogen-bond donors (Lipinski definition) is 2. The van der Waals surface area contributed by atoms with Crippen LogP contribution in [0.1, 0.15) is 30.9 Å². The summed E-state index contributed by atoms with van der Waals surface area (Å²) in [7, 11) is 0. The first kappa shape index (κ1) is 12.0. The Labute approximate surface area is 102 Å². The van der Waals surface area contributed by atoms with E-state index in [0.717, 1.165) is 0 Å². The second kappa shape index (κ2) is 4.78. The Bertz CT molecular complexity index is 338. The van der Waals surface area contributed by atoms with Gasteiger partial charge in [-0.2, -0.15) is 0 Å². The molecule has 1 aromatic rings. The van der Waals surface area contributed by atoms with E-state index in [9.17, 15) is 0 Å². The van der Waals surface area contributed by atoms with Crippen LogP contribution in [0.3, 0.4) is 0 Å². The van der Waals surface area contributed by atoms with Gasteiger partial charge < -0.3 is 11.5 Å². The molecule has 0 heterocycles. The van der Waals surface area contributed by atoms with Crippen molar-refractivity contribution >= 4 is 11.8 Å². The summed E-state index contributed by atoms with van der Waals surface area (Å²) in [6.07, 6.45) is 5.71. The quantitative estimate of drug-likeness (QED) is 0.790. The SMILES string of the molecule is CSc1ccc(C(N)C2(CN)CCC2)cc1. The lowest BCUT2D eigenvalue weighted by Crippen LogP contribution is -2.46. The van der Waals surface area contributed by atoms with Crippen LogP contribution in [0, 0.1) is 5.41 Å². The summed E-state index contributed by atoms with van der Waals surface area (Å²) in [6, 6.07) is 8.67. The third-order valence-corrected chi connectivity index (χ3v) is 4.63. The zero-order valence-electron chi connectivity index (χ0n) is 9.78. The first-order valence-electron chi connectivity index (χ1n) is 5.81. The van der Waals surface area contributed by atoms with Gasteiger partial charge in [0.15, 0.2) is 0 Å². The molecule has 0 aliphatic heterocycles. The van der Waals surface area contributed by atoms with Crippen LogP contribution in [0.5, 0.6) is 0 Å². The van der Waals surface area contributed by atoms with Crippen LogP contribution in [0.25, 0.3) is 0 Å². The topological polar surface area (TPSA) is 52.0 Å². The molecule has 1 aromatic carbocycles. The van der Waals surface area contributed by atoms with Crippen molar-refractivity contribution in [1.29, 1.82) is 0 Å². The highest BCUT2D eigenvalue weighted by Crippen LogP contribution is 2.48. The van der Waals surface area contributed by atoms with E-state index in [2.05, 4.69) is 30.5 Å². The van der Waals surface area contributed by atoms with Gasteiger partial charge in [-0.15, -0.1) is 11.8 Å². The van der Waals surface area contributed by atoms with Gasteiger partial charge in [-0.25, -0.2) is 0 Å². The lowest BCUT2D eigenvalue weighted by molar-refractivity contribution is 0.105. The molecule has 1 unspecified atom stereocenters. The fraction of sp³-hybridized carbons (Fsp3) is 0.538. The predicted octanol–water partition coefficient (Wildman–Crippen LogP) is 2.54. The van der Waals surface area contributed by atoms with Gasteiger partial charge in [-0.3, -0.25) is 0 Å². The van der Waals surface area contributed by atoms with Crippen LogP contribution in [-0.4, -0.2) is 12.8 Å². The summed E-state index contributed by atoms with van der Waals surface area (Å²) in [5.74, 6) is 0. The lowest BCUT2D eigenvalue weighted by Gasteiger charge is -2.45. The highest BCUT2D eigenvalue weighted by atomic mass is 32.2. The molecule has 1 atom stereocenters. The Morgan fingerprint density at radius 2 is 1.94 bits per heavy atom. The van der Waals surface area contributed by atoms with Gasteiger partial charge in [0.25, 0.3) is 0 Å². The van der Waals surface area contributed by atoms with Crippen molar-refractivity contribution < 1.29 is 0 Å². The molecule has 0 radical (unpaired) electrons. The van der Waals surface area contributed by atoms with Crippen molar-refractivity contribution in [3.63, 3.8) is 0 Å². The van der Waals surface area contributed by atoms with E-state index in [1.807, 2.05) is 0 Å². The van der Waals surface area contributed by atoms with E-state index < -0.39 is 0 Å². The zero-order chi connectivity index (χ0) is 11.6. The van der Waals surface area contributed by atoms with Gasteiger partial charge in [-0.1, -0.05) is 18.6 Å². The molecule has 0 saturated heterocycles. The molecule has 1 fully saturated rings. The number of rotatable bonds is 4. The maximum Gasteiger partial charge on any atom is 0.0364 e. The third-order valence-electron chi connectivity index (χ3n) is 3.89. The fourth-order valence-electron chi connectivity index (χ4n) is 2.44. The average molecular weight is 236 g/mol. The first-order chi connectivity index (χ1) is 7.72. The minimum atomic E-state index is 0.0992. The van der Waals surface area contributed by atoms with Crippen molar-refractivity contribution in [2.24, 2.45) is 16.9 Å². The Balaban J connectivity index is 2.16. The number of nitrogens with two attached hydrogens (primary N) is 2. The van der Waals surface area contributed by atoms with E-state index >= 15 is 0 Å². The van der Waals surface area contributed by atoms with Crippen LogP contribution in [0.4, 0.5) is 0 Å². The van der Waals surface area contributed by atoms with Crippen LogP contribution in [0.2, 0.25) is 0 Å². The number of benzene rings is 1. The lowest BCUT2D eigenvalue weighted by atomic mass is 9.63. The van der Waals surface area contributed by atoms with E-state index in [-0.39, 0.29) is 11.5 Å². The van der Waals surface area contributed by atoms with Crippen molar-refractivity contribution in [3.05, 3.63) is 29.8 Å². The van der Waals surface area contributed by atoms with Gasteiger partial charge in [0.1, 0.15) is 0 Å². The van der Waals surface area contributed by atoms with Gasteiger partial charge in [0.2, 0.25) is 0 Å². The Morgan fingerprint density at radius 1 is 1.31 bits per heavy atom. The normalized spacial score (nSPS) is 20.2. The summed E-state index contributed by atoms with van der Waals surface area (Å²) in [5.41, 5.74) is 13.6. The molecule has 0 bridgehead atoms. The molecule has 2 rings (SSSR count). The Morgan fingerprint density at radius 3 is 2.31 bits per heavy atom. The highest BCUT2D eigenvalue weighted by Gasteiger charge is 2.41. The summed E-state index contributed by atoms with van der Waals surface area (Å²) >= 11 is 1.76. The molecule has 1 saturated carbocycles. The summed E-state index contributed by atoms with van der Waals surface area (Å²) < 4.78 is 0. The highest BCUT2D eigenvalue weighted by molar-refractivity contribution is 7.98. The van der Waals surface area contributed by atoms with Crippen molar-refractivity contribution in [2.45, 2.75) is 30.2 Å². The van der Waals surface area contributed by atoms with Crippen molar-refractivity contribution in [1.82, 2.24) is 0 Å². The summed E-state index contributed by atoms with van der Waals surface area (Å²) in [4.78, 5) is 1.28. The largest absolute Gasteiger partial charge is 0.330 e. The molecule has 3 heteroatoms. The standard InChI is InChI=1S/C13H20N2S/c1-16-11-5-3-10(4-6-11)12(15)13(9-14)7-2-8-13/h3-6,12H,2,7-9,14-15H2,1H3. The molecule has 0 aromatic heterocycles.